The van der Waals surface area contributed by atoms with Crippen LogP contribution in [0.3, 0.4) is 0 Å². The van der Waals surface area contributed by atoms with Gasteiger partial charge in [0.25, 0.3) is 0 Å². The van der Waals surface area contributed by atoms with Crippen LogP contribution in [0.15, 0.2) is 30.5 Å². The van der Waals surface area contributed by atoms with Gasteiger partial charge in [-0.1, -0.05) is 0 Å². The van der Waals surface area contributed by atoms with E-state index in [9.17, 15) is 0 Å². The summed E-state index contributed by atoms with van der Waals surface area (Å²) in [6.45, 7) is 1.89. The molecule has 3 rings (SSSR count). The number of anilines is 2. The number of pyridine rings is 2. The van der Waals surface area contributed by atoms with Gasteiger partial charge in [0, 0.05) is 30.3 Å². The van der Waals surface area contributed by atoms with E-state index >= 15 is 0 Å². The van der Waals surface area contributed by atoms with Gasteiger partial charge in [-0.15, -0.1) is 5.10 Å². The highest BCUT2D eigenvalue weighted by Gasteiger charge is 2.12. The van der Waals surface area contributed by atoms with Crippen LogP contribution in [-0.4, -0.2) is 27.2 Å². The second-order valence-corrected chi connectivity index (χ2v) is 4.44. The van der Waals surface area contributed by atoms with Crippen LogP contribution in [0.2, 0.25) is 0 Å². The third kappa shape index (κ3) is 2.01. The Labute approximate surface area is 116 Å². The maximum absolute atomic E-state index is 5.75. The van der Waals surface area contributed by atoms with Crippen molar-refractivity contribution in [2.75, 3.05) is 18.1 Å². The first kappa shape index (κ1) is 12.3. The van der Waals surface area contributed by atoms with Crippen LogP contribution in [0, 0.1) is 6.92 Å². The molecule has 0 aromatic carbocycles. The fraction of sp³-hybridized carbons (Fsp3) is 0.143. The minimum absolute atomic E-state index is 0.374. The van der Waals surface area contributed by atoms with Crippen LogP contribution < -0.4 is 11.1 Å². The summed E-state index contributed by atoms with van der Waals surface area (Å²) in [5.74, 6) is 1.13. The third-order valence-electron chi connectivity index (χ3n) is 3.11. The monoisotopic (exact) mass is 266 g/mol. The number of hydrogen-bond acceptors (Lipinski definition) is 6. The first-order valence-corrected chi connectivity index (χ1v) is 6.22. The van der Waals surface area contributed by atoms with Crippen LogP contribution >= 0.6 is 0 Å². The zero-order chi connectivity index (χ0) is 14.1. The lowest BCUT2D eigenvalue weighted by Gasteiger charge is -2.10. The van der Waals surface area contributed by atoms with Crippen molar-refractivity contribution in [2.45, 2.75) is 6.92 Å². The van der Waals surface area contributed by atoms with Crippen molar-refractivity contribution in [1.29, 1.82) is 0 Å². The number of rotatable bonds is 2. The molecular formula is C14H14N6. The first-order valence-electron chi connectivity index (χ1n) is 6.22. The van der Waals surface area contributed by atoms with E-state index in [2.05, 4.69) is 25.5 Å². The summed E-state index contributed by atoms with van der Waals surface area (Å²) >= 11 is 0. The van der Waals surface area contributed by atoms with Gasteiger partial charge in [0.2, 0.25) is 0 Å². The lowest BCUT2D eigenvalue weighted by atomic mass is 10.1. The van der Waals surface area contributed by atoms with Gasteiger partial charge in [0.15, 0.2) is 0 Å². The van der Waals surface area contributed by atoms with Gasteiger partial charge in [-0.05, 0) is 25.1 Å². The molecule has 0 atom stereocenters. The van der Waals surface area contributed by atoms with Crippen LogP contribution in [0.25, 0.3) is 22.2 Å². The van der Waals surface area contributed by atoms with Gasteiger partial charge in [0.05, 0.1) is 16.9 Å². The number of nitrogens with one attached hydrogen (secondary N) is 1. The highest BCUT2D eigenvalue weighted by molar-refractivity contribution is 5.94. The molecule has 0 saturated heterocycles. The third-order valence-corrected chi connectivity index (χ3v) is 3.11. The van der Waals surface area contributed by atoms with Crippen molar-refractivity contribution < 1.29 is 0 Å². The summed E-state index contributed by atoms with van der Waals surface area (Å²) in [7, 11) is 1.83. The lowest BCUT2D eigenvalue weighted by Crippen LogP contribution is -2.01. The zero-order valence-electron chi connectivity index (χ0n) is 11.3. The smallest absolute Gasteiger partial charge is 0.146 e. The molecule has 3 aromatic rings. The number of aromatic nitrogens is 4. The molecule has 0 aliphatic heterocycles. The standard InChI is InChI=1S/C14H14N6/c1-8-10(6-12(15)20-19-8)14-9-4-3-5-17-11(9)7-13(16-2)18-14/h3-7H,1-2H3,(H2,15,20)(H,16,18). The Balaban J connectivity index is 2.37. The minimum Gasteiger partial charge on any atom is -0.382 e. The molecule has 100 valence electrons. The average molecular weight is 266 g/mol. The van der Waals surface area contributed by atoms with Gasteiger partial charge in [0.1, 0.15) is 11.6 Å². The van der Waals surface area contributed by atoms with Crippen molar-refractivity contribution in [2.24, 2.45) is 0 Å². The highest BCUT2D eigenvalue weighted by atomic mass is 15.1. The van der Waals surface area contributed by atoms with Gasteiger partial charge in [-0.3, -0.25) is 4.98 Å². The van der Waals surface area contributed by atoms with Gasteiger partial charge in [-0.2, -0.15) is 5.10 Å². The zero-order valence-corrected chi connectivity index (χ0v) is 11.3. The summed E-state index contributed by atoms with van der Waals surface area (Å²) in [4.78, 5) is 9.00. The molecule has 0 aliphatic rings. The molecule has 0 fully saturated rings. The van der Waals surface area contributed by atoms with E-state index in [-0.39, 0.29) is 0 Å². The van der Waals surface area contributed by atoms with Crippen molar-refractivity contribution in [3.8, 4) is 11.3 Å². The summed E-state index contributed by atoms with van der Waals surface area (Å²) in [5.41, 5.74) is 9.07. The lowest BCUT2D eigenvalue weighted by molar-refractivity contribution is 0.991. The maximum Gasteiger partial charge on any atom is 0.146 e. The van der Waals surface area contributed by atoms with Crippen molar-refractivity contribution in [3.63, 3.8) is 0 Å². The van der Waals surface area contributed by atoms with E-state index in [0.29, 0.717) is 5.82 Å². The van der Waals surface area contributed by atoms with Crippen LogP contribution in [0.1, 0.15) is 5.69 Å². The van der Waals surface area contributed by atoms with Crippen LogP contribution in [0.4, 0.5) is 11.6 Å². The number of nitrogen functional groups attached to an aromatic ring is 1. The van der Waals surface area contributed by atoms with Gasteiger partial charge < -0.3 is 11.1 Å². The highest BCUT2D eigenvalue weighted by Crippen LogP contribution is 2.29. The van der Waals surface area contributed by atoms with Gasteiger partial charge in [-0.25, -0.2) is 4.98 Å². The molecule has 20 heavy (non-hydrogen) atoms. The first-order chi connectivity index (χ1) is 9.69. The van der Waals surface area contributed by atoms with E-state index in [4.69, 9.17) is 5.73 Å². The predicted molar refractivity (Wildman–Crippen MR) is 79.3 cm³/mol. The minimum atomic E-state index is 0.374. The number of hydrogen-bond donors (Lipinski definition) is 2. The fourth-order valence-electron chi connectivity index (χ4n) is 2.12. The molecule has 3 aromatic heterocycles. The largest absolute Gasteiger partial charge is 0.382 e. The number of aryl methyl sites for hydroxylation is 1. The van der Waals surface area contributed by atoms with E-state index < -0.39 is 0 Å². The summed E-state index contributed by atoms with van der Waals surface area (Å²) in [6, 6.07) is 7.57. The molecule has 0 unspecified atom stereocenters. The second kappa shape index (κ2) is 4.73. The normalized spacial score (nSPS) is 10.7. The number of nitrogens with zero attached hydrogens (tertiary/aromatic N) is 4. The molecule has 6 nitrogen and oxygen atoms in total. The Morgan fingerprint density at radius 1 is 1.20 bits per heavy atom. The molecule has 6 heteroatoms. The predicted octanol–water partition coefficient (Wildman–Crippen LogP) is 2.02. The van der Waals surface area contributed by atoms with Gasteiger partial charge >= 0.3 is 0 Å². The molecule has 0 spiro atoms. The van der Waals surface area contributed by atoms with E-state index in [0.717, 1.165) is 33.7 Å². The number of nitrogens with two attached hydrogens (primary N) is 1. The van der Waals surface area contributed by atoms with Crippen LogP contribution in [0.5, 0.6) is 0 Å². The summed E-state index contributed by atoms with van der Waals surface area (Å²) in [6.07, 6.45) is 1.76. The van der Waals surface area contributed by atoms with E-state index in [1.165, 1.54) is 0 Å². The Morgan fingerprint density at radius 3 is 2.85 bits per heavy atom. The summed E-state index contributed by atoms with van der Waals surface area (Å²) < 4.78 is 0. The topological polar surface area (TPSA) is 89.6 Å². The van der Waals surface area contributed by atoms with E-state index in [1.807, 2.05) is 32.2 Å². The summed E-state index contributed by atoms with van der Waals surface area (Å²) in [5, 5.41) is 11.9. The molecule has 3 N–H and O–H groups in total. The Bertz CT molecular complexity index is 784. The van der Waals surface area contributed by atoms with E-state index in [1.54, 1.807) is 12.3 Å². The Morgan fingerprint density at radius 2 is 2.05 bits per heavy atom. The Hall–Kier alpha value is -2.76. The SMILES string of the molecule is CNc1cc2ncccc2c(-c2cc(N)nnc2C)n1. The molecule has 0 bridgehead atoms. The quantitative estimate of drug-likeness (QED) is 0.737. The Kier molecular flexibility index (Phi) is 2.90. The van der Waals surface area contributed by atoms with Crippen molar-refractivity contribution in [1.82, 2.24) is 20.2 Å². The van der Waals surface area contributed by atoms with Crippen molar-refractivity contribution >= 4 is 22.5 Å². The van der Waals surface area contributed by atoms with Crippen LogP contribution in [-0.2, 0) is 0 Å². The molecular weight excluding hydrogens is 252 g/mol. The fourth-order valence-corrected chi connectivity index (χ4v) is 2.12. The molecule has 3 heterocycles. The average Bonchev–Trinajstić information content (AvgIpc) is 2.48. The molecule has 0 amide bonds. The molecule has 0 radical (unpaired) electrons. The molecule has 0 saturated carbocycles. The van der Waals surface area contributed by atoms with Crippen molar-refractivity contribution in [3.05, 3.63) is 36.2 Å². The number of fused-ring (bicyclic) bond motifs is 1. The maximum atomic E-state index is 5.75. The second-order valence-electron chi connectivity index (χ2n) is 4.44. The molecule has 0 aliphatic carbocycles.